The molecule has 0 unspecified atom stereocenters. The molecule has 2 aliphatic carbocycles. The van der Waals surface area contributed by atoms with Gasteiger partial charge in [-0.05, 0) is 42.9 Å². The van der Waals surface area contributed by atoms with Crippen LogP contribution in [0.4, 0.5) is 0 Å². The van der Waals surface area contributed by atoms with Gasteiger partial charge in [0.1, 0.15) is 0 Å². The molecule has 3 heteroatoms. The molecule has 0 heterocycles. The van der Waals surface area contributed by atoms with Crippen molar-refractivity contribution in [3.05, 3.63) is 0 Å². The second-order valence-corrected chi connectivity index (χ2v) is 8.78. The van der Waals surface area contributed by atoms with Gasteiger partial charge in [0.2, 0.25) is 5.91 Å². The van der Waals surface area contributed by atoms with Gasteiger partial charge in [0.15, 0.2) is 0 Å². The molecule has 0 aromatic rings. The lowest BCUT2D eigenvalue weighted by molar-refractivity contribution is -0.131. The number of carbonyl (C=O) groups excluding carboxylic acids is 1. The first kappa shape index (κ1) is 15.8. The standard InChI is InChI=1S/C17H32N2O/c1-15(2)10-16(3,4)12-17(11-15,14(18)20)19-13-8-6-5-7-9-13/h13,19H,5-12H2,1-4H3,(H2,18,20). The molecule has 0 radical (unpaired) electrons. The van der Waals surface area contributed by atoms with Crippen molar-refractivity contribution in [2.75, 3.05) is 0 Å². The average molecular weight is 280 g/mol. The highest BCUT2D eigenvalue weighted by atomic mass is 16.1. The molecule has 116 valence electrons. The van der Waals surface area contributed by atoms with E-state index in [2.05, 4.69) is 33.0 Å². The number of rotatable bonds is 3. The van der Waals surface area contributed by atoms with Gasteiger partial charge in [-0.2, -0.15) is 0 Å². The van der Waals surface area contributed by atoms with Crippen molar-refractivity contribution in [1.82, 2.24) is 5.32 Å². The Labute approximate surface area is 124 Å². The molecule has 3 nitrogen and oxygen atoms in total. The molecule has 2 saturated carbocycles. The third-order valence-corrected chi connectivity index (χ3v) is 5.08. The molecule has 0 saturated heterocycles. The first-order chi connectivity index (χ1) is 9.14. The van der Waals surface area contributed by atoms with Gasteiger partial charge in [0.05, 0.1) is 5.54 Å². The van der Waals surface area contributed by atoms with Crippen LogP contribution >= 0.6 is 0 Å². The summed E-state index contributed by atoms with van der Waals surface area (Å²) in [6.45, 7) is 9.09. The fourth-order valence-corrected chi connectivity index (χ4v) is 5.10. The maximum absolute atomic E-state index is 12.3. The Hall–Kier alpha value is -0.570. The molecular weight excluding hydrogens is 248 g/mol. The number of amides is 1. The summed E-state index contributed by atoms with van der Waals surface area (Å²) >= 11 is 0. The molecular formula is C17H32N2O. The lowest BCUT2D eigenvalue weighted by atomic mass is 9.58. The highest BCUT2D eigenvalue weighted by Gasteiger charge is 2.51. The summed E-state index contributed by atoms with van der Waals surface area (Å²) in [7, 11) is 0. The van der Waals surface area contributed by atoms with Gasteiger partial charge in [0.25, 0.3) is 0 Å². The fourth-order valence-electron chi connectivity index (χ4n) is 5.10. The minimum Gasteiger partial charge on any atom is -0.368 e. The van der Waals surface area contributed by atoms with Crippen molar-refractivity contribution in [1.29, 1.82) is 0 Å². The van der Waals surface area contributed by atoms with Crippen LogP contribution in [0.2, 0.25) is 0 Å². The Kier molecular flexibility index (Phi) is 4.21. The van der Waals surface area contributed by atoms with Gasteiger partial charge in [-0.25, -0.2) is 0 Å². The third kappa shape index (κ3) is 3.55. The van der Waals surface area contributed by atoms with E-state index in [9.17, 15) is 4.79 Å². The van der Waals surface area contributed by atoms with E-state index >= 15 is 0 Å². The molecule has 0 spiro atoms. The quantitative estimate of drug-likeness (QED) is 0.833. The van der Waals surface area contributed by atoms with E-state index in [4.69, 9.17) is 5.73 Å². The summed E-state index contributed by atoms with van der Waals surface area (Å²) in [6.07, 6.45) is 9.16. The van der Waals surface area contributed by atoms with Crippen LogP contribution in [0.3, 0.4) is 0 Å². The Morgan fingerprint density at radius 1 is 0.950 bits per heavy atom. The highest BCUT2D eigenvalue weighted by Crippen LogP contribution is 2.50. The second kappa shape index (κ2) is 5.32. The number of nitrogens with one attached hydrogen (secondary N) is 1. The van der Waals surface area contributed by atoms with E-state index < -0.39 is 5.54 Å². The van der Waals surface area contributed by atoms with Gasteiger partial charge in [-0.3, -0.25) is 4.79 Å². The Bertz CT molecular complexity index is 351. The zero-order valence-corrected chi connectivity index (χ0v) is 13.7. The number of hydrogen-bond donors (Lipinski definition) is 2. The number of primary amides is 1. The van der Waals surface area contributed by atoms with Crippen LogP contribution in [-0.2, 0) is 4.79 Å². The van der Waals surface area contributed by atoms with Crippen LogP contribution in [-0.4, -0.2) is 17.5 Å². The fraction of sp³-hybridized carbons (Fsp3) is 0.941. The minimum absolute atomic E-state index is 0.149. The number of carbonyl (C=O) groups is 1. The summed E-state index contributed by atoms with van der Waals surface area (Å²) in [5, 5.41) is 3.71. The van der Waals surface area contributed by atoms with E-state index in [-0.39, 0.29) is 16.7 Å². The average Bonchev–Trinajstić information content (AvgIpc) is 2.25. The molecule has 0 atom stereocenters. The van der Waals surface area contributed by atoms with Crippen LogP contribution in [0.1, 0.15) is 79.1 Å². The zero-order valence-electron chi connectivity index (χ0n) is 13.7. The van der Waals surface area contributed by atoms with Crippen LogP contribution in [0.15, 0.2) is 0 Å². The molecule has 2 aliphatic rings. The third-order valence-electron chi connectivity index (χ3n) is 5.08. The molecule has 0 aromatic heterocycles. The predicted molar refractivity (Wildman–Crippen MR) is 83.3 cm³/mol. The summed E-state index contributed by atoms with van der Waals surface area (Å²) < 4.78 is 0. The van der Waals surface area contributed by atoms with Crippen LogP contribution in [0.25, 0.3) is 0 Å². The largest absolute Gasteiger partial charge is 0.368 e. The maximum Gasteiger partial charge on any atom is 0.237 e. The van der Waals surface area contributed by atoms with Crippen molar-refractivity contribution < 1.29 is 4.79 Å². The molecule has 0 bridgehead atoms. The van der Waals surface area contributed by atoms with E-state index in [0.717, 1.165) is 19.3 Å². The van der Waals surface area contributed by atoms with Gasteiger partial charge in [0, 0.05) is 6.04 Å². The molecule has 3 N–H and O–H groups in total. The minimum atomic E-state index is -0.507. The van der Waals surface area contributed by atoms with E-state index in [0.29, 0.717) is 6.04 Å². The van der Waals surface area contributed by atoms with E-state index in [1.54, 1.807) is 0 Å². The Morgan fingerprint density at radius 2 is 1.45 bits per heavy atom. The topological polar surface area (TPSA) is 55.1 Å². The smallest absolute Gasteiger partial charge is 0.237 e. The van der Waals surface area contributed by atoms with Gasteiger partial charge in [-0.1, -0.05) is 47.0 Å². The van der Waals surface area contributed by atoms with Crippen molar-refractivity contribution in [3.8, 4) is 0 Å². The molecule has 1 amide bonds. The number of nitrogens with two attached hydrogens (primary N) is 1. The first-order valence-corrected chi connectivity index (χ1v) is 8.22. The normalized spacial score (nSPS) is 29.0. The van der Waals surface area contributed by atoms with Crippen LogP contribution in [0, 0.1) is 10.8 Å². The van der Waals surface area contributed by atoms with Crippen molar-refractivity contribution >= 4 is 5.91 Å². The van der Waals surface area contributed by atoms with E-state index in [1.807, 2.05) is 0 Å². The Morgan fingerprint density at radius 3 is 1.90 bits per heavy atom. The lowest BCUT2D eigenvalue weighted by Gasteiger charge is -2.52. The summed E-state index contributed by atoms with van der Waals surface area (Å²) in [6, 6.07) is 0.473. The predicted octanol–water partition coefficient (Wildman–Crippen LogP) is 3.37. The van der Waals surface area contributed by atoms with Crippen LogP contribution in [0.5, 0.6) is 0 Å². The maximum atomic E-state index is 12.3. The van der Waals surface area contributed by atoms with Crippen LogP contribution < -0.4 is 11.1 Å². The highest BCUT2D eigenvalue weighted by molar-refractivity contribution is 5.85. The monoisotopic (exact) mass is 280 g/mol. The van der Waals surface area contributed by atoms with E-state index in [1.165, 1.54) is 32.1 Å². The molecule has 0 aliphatic heterocycles. The Balaban J connectivity index is 2.21. The summed E-state index contributed by atoms with van der Waals surface area (Å²) in [5.41, 5.74) is 5.68. The van der Waals surface area contributed by atoms with Gasteiger partial charge < -0.3 is 11.1 Å². The molecule has 0 aromatic carbocycles. The first-order valence-electron chi connectivity index (χ1n) is 8.22. The van der Waals surface area contributed by atoms with Gasteiger partial charge >= 0.3 is 0 Å². The molecule has 2 rings (SSSR count). The number of hydrogen-bond acceptors (Lipinski definition) is 2. The molecule has 2 fully saturated rings. The summed E-state index contributed by atoms with van der Waals surface area (Å²) in [4.78, 5) is 12.3. The van der Waals surface area contributed by atoms with Crippen molar-refractivity contribution in [2.24, 2.45) is 16.6 Å². The lowest BCUT2D eigenvalue weighted by Crippen LogP contribution is -2.64. The summed E-state index contributed by atoms with van der Waals surface area (Å²) in [5.74, 6) is -0.149. The SMILES string of the molecule is CC1(C)CC(C)(C)CC(NC2CCCCC2)(C(N)=O)C1. The van der Waals surface area contributed by atoms with Crippen molar-refractivity contribution in [3.63, 3.8) is 0 Å². The molecule has 20 heavy (non-hydrogen) atoms. The van der Waals surface area contributed by atoms with Gasteiger partial charge in [-0.15, -0.1) is 0 Å². The second-order valence-electron chi connectivity index (χ2n) is 8.78. The van der Waals surface area contributed by atoms with Crippen molar-refractivity contribution in [2.45, 2.75) is 90.6 Å². The zero-order chi connectivity index (χ0) is 15.0.